The third kappa shape index (κ3) is 66.2. The molecule has 0 N–H and O–H groups in total. The monoisotopic (exact) mass is 727 g/mol. The molecule has 0 amide bonds. The van der Waals surface area contributed by atoms with Crippen LogP contribution in [0, 0.1) is 0 Å². The Morgan fingerprint density at radius 2 is 0.388 bits per heavy atom. The van der Waals surface area contributed by atoms with Gasteiger partial charge in [-0.2, -0.15) is 0 Å². The van der Waals surface area contributed by atoms with E-state index in [0.717, 1.165) is 38.5 Å². The van der Waals surface area contributed by atoms with Crippen molar-refractivity contribution in [3.8, 4) is 0 Å². The second kappa shape index (κ2) is 51.6. The second-order valence-corrected chi connectivity index (χ2v) is 14.0. The van der Waals surface area contributed by atoms with Crippen LogP contribution in [0.15, 0.2) is 0 Å². The van der Waals surface area contributed by atoms with Crippen LogP contribution in [-0.4, -0.2) is 17.9 Å². The van der Waals surface area contributed by atoms with Gasteiger partial charge in [0.25, 0.3) is 0 Å². The van der Waals surface area contributed by atoms with Gasteiger partial charge >= 0.3 is 25.8 Å². The van der Waals surface area contributed by atoms with E-state index in [1.54, 1.807) is 0 Å². The van der Waals surface area contributed by atoms with Gasteiger partial charge in [-0.1, -0.05) is 213 Å². The topological polar surface area (TPSA) is 120 Å². The van der Waals surface area contributed by atoms with Crippen LogP contribution in [0.4, 0.5) is 0 Å². The van der Waals surface area contributed by atoms with E-state index in [2.05, 4.69) is 20.8 Å². The molecular weight excluding hydrogens is 645 g/mol. The third-order valence-electron chi connectivity index (χ3n) is 8.95. The van der Waals surface area contributed by atoms with Crippen molar-refractivity contribution < 1.29 is 55.5 Å². The van der Waals surface area contributed by atoms with Crippen molar-refractivity contribution in [1.82, 2.24) is 0 Å². The average Bonchev–Trinajstić information content (AvgIpc) is 3.05. The molecule has 0 radical (unpaired) electrons. The molecule has 0 aliphatic heterocycles. The molecule has 288 valence electrons. The molecule has 0 bridgehead atoms. The van der Waals surface area contributed by atoms with Crippen LogP contribution in [0.3, 0.4) is 0 Å². The van der Waals surface area contributed by atoms with Crippen LogP contribution in [0.5, 0.6) is 0 Å². The summed E-state index contributed by atoms with van der Waals surface area (Å²) in [6, 6.07) is 0. The van der Waals surface area contributed by atoms with E-state index in [-0.39, 0.29) is 45.1 Å². The Labute approximate surface area is 323 Å². The predicted octanol–water partition coefficient (Wildman–Crippen LogP) is 10.3. The van der Waals surface area contributed by atoms with Gasteiger partial charge in [-0.15, -0.1) is 0 Å². The van der Waals surface area contributed by atoms with Crippen LogP contribution in [0.25, 0.3) is 0 Å². The molecule has 0 aromatic rings. The summed E-state index contributed by atoms with van der Waals surface area (Å²) in [4.78, 5) is 30.4. The normalized spacial score (nSPS) is 10.3. The van der Waals surface area contributed by atoms with Gasteiger partial charge in [0.2, 0.25) is 0 Å². The van der Waals surface area contributed by atoms with Crippen molar-refractivity contribution in [2.24, 2.45) is 0 Å². The molecular formula is C42H81O6Sc. The molecule has 0 fully saturated rings. The minimum atomic E-state index is -0.907. The maximum atomic E-state index is 10.1. The minimum Gasteiger partial charge on any atom is -0.550 e. The molecule has 0 heterocycles. The van der Waals surface area contributed by atoms with Gasteiger partial charge in [0.15, 0.2) is 0 Å². The molecule has 0 aromatic heterocycles. The fourth-order valence-corrected chi connectivity index (χ4v) is 5.80. The Balaban J connectivity index is -0.000000307. The molecule has 0 rings (SSSR count). The molecule has 0 unspecified atom stereocenters. The zero-order valence-corrected chi connectivity index (χ0v) is 34.8. The fraction of sp³-hybridized carbons (Fsp3) is 0.929. The van der Waals surface area contributed by atoms with E-state index < -0.39 is 17.9 Å². The summed E-state index contributed by atoms with van der Waals surface area (Å²) in [6.07, 6.45) is 42.1. The van der Waals surface area contributed by atoms with Crippen molar-refractivity contribution in [3.05, 3.63) is 0 Å². The predicted molar refractivity (Wildman–Crippen MR) is 198 cm³/mol. The van der Waals surface area contributed by atoms with E-state index in [1.807, 2.05) is 0 Å². The second-order valence-electron chi connectivity index (χ2n) is 14.0. The Bertz CT molecular complexity index is 557. The molecule has 7 heteroatoms. The van der Waals surface area contributed by atoms with Crippen LogP contribution < -0.4 is 15.3 Å². The number of carbonyl (C=O) groups is 3. The number of aliphatic carboxylic acids is 3. The first kappa shape index (κ1) is 55.0. The molecule has 0 aliphatic rings. The molecule has 49 heavy (non-hydrogen) atoms. The van der Waals surface area contributed by atoms with Gasteiger partial charge in [0, 0.05) is 17.9 Å². The minimum absolute atomic E-state index is 0. The SMILES string of the molecule is CCCCCCCCCCCCCC(=O)[O-].CCCCCCCCCCCCCC(=O)[O-].CCCCCCCCCCCCCC(=O)[O-].[Sc+3]. The zero-order valence-electron chi connectivity index (χ0n) is 33.0. The quantitative estimate of drug-likeness (QED) is 0.0593. The molecule has 0 spiro atoms. The van der Waals surface area contributed by atoms with Gasteiger partial charge in [0.05, 0.1) is 0 Å². The molecule has 0 aromatic carbocycles. The zero-order chi connectivity index (χ0) is 36.2. The van der Waals surface area contributed by atoms with Crippen LogP contribution >= 0.6 is 0 Å². The Morgan fingerprint density at radius 3 is 0.510 bits per heavy atom. The van der Waals surface area contributed by atoms with Crippen LogP contribution in [-0.2, 0) is 40.2 Å². The first-order valence-electron chi connectivity index (χ1n) is 20.9. The van der Waals surface area contributed by atoms with Crippen molar-refractivity contribution >= 4 is 17.9 Å². The number of unbranched alkanes of at least 4 members (excludes halogenated alkanes) is 30. The summed E-state index contributed by atoms with van der Waals surface area (Å²) >= 11 is 0. The summed E-state index contributed by atoms with van der Waals surface area (Å²) < 4.78 is 0. The Morgan fingerprint density at radius 1 is 0.265 bits per heavy atom. The number of hydrogen-bond donors (Lipinski definition) is 0. The number of carboxylic acid groups (broad SMARTS) is 3. The molecule has 0 atom stereocenters. The van der Waals surface area contributed by atoms with E-state index >= 15 is 0 Å². The van der Waals surface area contributed by atoms with Crippen molar-refractivity contribution in [3.63, 3.8) is 0 Å². The summed E-state index contributed by atoms with van der Waals surface area (Å²) in [6.45, 7) is 6.73. The Hall–Kier alpha value is -0.720. The first-order chi connectivity index (χ1) is 23.3. The van der Waals surface area contributed by atoms with Gasteiger partial charge < -0.3 is 29.7 Å². The molecule has 0 saturated carbocycles. The number of hydrogen-bond acceptors (Lipinski definition) is 6. The van der Waals surface area contributed by atoms with Gasteiger partial charge in [-0.05, 0) is 38.5 Å². The first-order valence-corrected chi connectivity index (χ1v) is 20.9. The average molecular weight is 727 g/mol. The van der Waals surface area contributed by atoms with Crippen LogP contribution in [0.1, 0.15) is 252 Å². The summed E-state index contributed by atoms with van der Waals surface area (Å²) in [5, 5.41) is 30.4. The number of rotatable bonds is 36. The largest absolute Gasteiger partial charge is 3.00 e. The van der Waals surface area contributed by atoms with Crippen molar-refractivity contribution in [2.45, 2.75) is 252 Å². The summed E-state index contributed by atoms with van der Waals surface area (Å²) in [7, 11) is 0. The fourth-order valence-electron chi connectivity index (χ4n) is 5.80. The van der Waals surface area contributed by atoms with Crippen LogP contribution in [0.2, 0.25) is 0 Å². The molecule has 6 nitrogen and oxygen atoms in total. The number of carboxylic acids is 3. The summed E-state index contributed by atoms with van der Waals surface area (Å²) in [5.41, 5.74) is 0. The van der Waals surface area contributed by atoms with E-state index in [4.69, 9.17) is 0 Å². The maximum Gasteiger partial charge on any atom is 3.00 e. The Kier molecular flexibility index (Phi) is 58.0. The van der Waals surface area contributed by atoms with E-state index in [9.17, 15) is 29.7 Å². The summed E-state index contributed by atoms with van der Waals surface area (Å²) in [5.74, 6) is -2.72. The van der Waals surface area contributed by atoms with Gasteiger partial charge in [-0.25, -0.2) is 0 Å². The number of carbonyl (C=O) groups excluding carboxylic acids is 3. The third-order valence-corrected chi connectivity index (χ3v) is 8.95. The smallest absolute Gasteiger partial charge is 0.550 e. The molecule has 0 aliphatic carbocycles. The van der Waals surface area contributed by atoms with Crippen molar-refractivity contribution in [2.75, 3.05) is 0 Å². The van der Waals surface area contributed by atoms with Gasteiger partial charge in [0.1, 0.15) is 0 Å². The van der Waals surface area contributed by atoms with E-state index in [0.29, 0.717) is 0 Å². The van der Waals surface area contributed by atoms with E-state index in [1.165, 1.54) is 173 Å². The van der Waals surface area contributed by atoms with Crippen molar-refractivity contribution in [1.29, 1.82) is 0 Å². The standard InChI is InChI=1S/3C14H28O2.Sc/c3*1-2-3-4-5-6-7-8-9-10-11-12-13-14(15)16;/h3*2-13H2,1H3,(H,15,16);/q;;;+3/p-3. The maximum absolute atomic E-state index is 10.1. The molecule has 0 saturated heterocycles. The van der Waals surface area contributed by atoms with Gasteiger partial charge in [-0.3, -0.25) is 0 Å².